The fourth-order valence-corrected chi connectivity index (χ4v) is 2.07. The van der Waals surface area contributed by atoms with Crippen molar-refractivity contribution in [2.75, 3.05) is 18.0 Å². The number of rotatable bonds is 6. The largest absolute Gasteiger partial charge is 0.372 e. The third-order valence-corrected chi connectivity index (χ3v) is 3.26. The van der Waals surface area contributed by atoms with E-state index in [1.807, 2.05) is 12.1 Å². The minimum Gasteiger partial charge on any atom is -0.372 e. The third-order valence-electron chi connectivity index (χ3n) is 3.26. The summed E-state index contributed by atoms with van der Waals surface area (Å²) in [6.45, 7) is 7.94. The van der Waals surface area contributed by atoms with Gasteiger partial charge in [0.05, 0.1) is 6.21 Å². The molecule has 0 aliphatic carbocycles. The molecule has 22 heavy (non-hydrogen) atoms. The number of benzene rings is 1. The number of aromatic nitrogens is 3. The van der Waals surface area contributed by atoms with Gasteiger partial charge in [-0.1, -0.05) is 12.1 Å². The molecule has 0 atom stereocenters. The highest BCUT2D eigenvalue weighted by atomic mass is 15.5. The monoisotopic (exact) mass is 298 g/mol. The van der Waals surface area contributed by atoms with E-state index in [1.54, 1.807) is 13.1 Å². The number of nitrogens with zero attached hydrogens (tertiary/aromatic N) is 8. The Morgan fingerprint density at radius 2 is 1.91 bits per heavy atom. The Kier molecular flexibility index (Phi) is 5.11. The van der Waals surface area contributed by atoms with Crippen molar-refractivity contribution < 1.29 is 0 Å². The summed E-state index contributed by atoms with van der Waals surface area (Å²) in [6, 6.07) is 8.09. The zero-order valence-electron chi connectivity index (χ0n) is 12.9. The van der Waals surface area contributed by atoms with Crippen LogP contribution in [0.25, 0.3) is 10.4 Å². The van der Waals surface area contributed by atoms with Crippen LogP contribution in [-0.4, -0.2) is 34.2 Å². The molecule has 1 aromatic heterocycles. The van der Waals surface area contributed by atoms with Gasteiger partial charge in [0.25, 0.3) is 0 Å². The number of aryl methyl sites for hydroxylation is 1. The number of hydrogen-bond donors (Lipinski definition) is 0. The highest BCUT2D eigenvalue weighted by Gasteiger charge is 2.05. The summed E-state index contributed by atoms with van der Waals surface area (Å²) >= 11 is 0. The van der Waals surface area contributed by atoms with E-state index in [2.05, 4.69) is 56.2 Å². The average Bonchev–Trinajstić information content (AvgIpc) is 2.88. The zero-order valence-corrected chi connectivity index (χ0v) is 12.9. The van der Waals surface area contributed by atoms with Crippen molar-refractivity contribution in [1.82, 2.24) is 14.9 Å². The Balaban J connectivity index is 2.20. The van der Waals surface area contributed by atoms with Gasteiger partial charge in [-0.15, -0.1) is 10.2 Å². The lowest BCUT2D eigenvalue weighted by Crippen LogP contribution is -2.21. The lowest BCUT2D eigenvalue weighted by atomic mass is 10.2. The predicted molar refractivity (Wildman–Crippen MR) is 86.6 cm³/mol. The Bertz CT molecular complexity index is 690. The van der Waals surface area contributed by atoms with E-state index in [-0.39, 0.29) is 5.95 Å². The van der Waals surface area contributed by atoms with Crippen LogP contribution in [0.5, 0.6) is 0 Å². The summed E-state index contributed by atoms with van der Waals surface area (Å²) in [5.41, 5.74) is 10.6. The first-order valence-electron chi connectivity index (χ1n) is 7.06. The summed E-state index contributed by atoms with van der Waals surface area (Å²) in [6.07, 6.45) is 1.68. The Morgan fingerprint density at radius 3 is 2.50 bits per heavy atom. The number of azide groups is 1. The van der Waals surface area contributed by atoms with Crippen molar-refractivity contribution in [1.29, 1.82) is 0 Å². The van der Waals surface area contributed by atoms with Gasteiger partial charge < -0.3 is 4.90 Å². The van der Waals surface area contributed by atoms with Gasteiger partial charge in [0.2, 0.25) is 5.95 Å². The number of hydrogen-bond acceptors (Lipinski definition) is 5. The minimum atomic E-state index is 0.121. The van der Waals surface area contributed by atoms with Crippen molar-refractivity contribution in [3.8, 4) is 0 Å². The Hall–Kier alpha value is -2.86. The van der Waals surface area contributed by atoms with Crippen LogP contribution in [-0.2, 0) is 0 Å². The lowest BCUT2D eigenvalue weighted by molar-refractivity contribution is 0.831. The van der Waals surface area contributed by atoms with E-state index in [9.17, 15) is 0 Å². The molecule has 8 nitrogen and oxygen atoms in total. The maximum absolute atomic E-state index is 8.49. The second-order valence-electron chi connectivity index (χ2n) is 4.56. The first-order chi connectivity index (χ1) is 10.7. The van der Waals surface area contributed by atoms with Gasteiger partial charge in [-0.25, -0.2) is 0 Å². The van der Waals surface area contributed by atoms with E-state index >= 15 is 0 Å². The smallest absolute Gasteiger partial charge is 0.241 e. The molecule has 0 bridgehead atoms. The van der Waals surface area contributed by atoms with Crippen LogP contribution in [0.4, 0.5) is 11.6 Å². The maximum atomic E-state index is 8.49. The summed E-state index contributed by atoms with van der Waals surface area (Å²) in [4.78, 5) is 4.98. The molecule has 0 unspecified atom stereocenters. The van der Waals surface area contributed by atoms with E-state index in [4.69, 9.17) is 5.53 Å². The molecule has 0 aliphatic rings. The fourth-order valence-electron chi connectivity index (χ4n) is 2.07. The molecule has 0 fully saturated rings. The molecule has 8 heteroatoms. The van der Waals surface area contributed by atoms with Crippen LogP contribution in [0.2, 0.25) is 0 Å². The van der Waals surface area contributed by atoms with Gasteiger partial charge in [0.1, 0.15) is 0 Å². The quantitative estimate of drug-likeness (QED) is 0.354. The second-order valence-corrected chi connectivity index (χ2v) is 4.56. The SMILES string of the molecule is CCN(CC)c1ccc(/C=N\n2c(C)nnc2N=[N+]=[N-])cc1. The molecule has 114 valence electrons. The van der Waals surface area contributed by atoms with Crippen LogP contribution in [0.15, 0.2) is 34.5 Å². The molecule has 1 heterocycles. The lowest BCUT2D eigenvalue weighted by Gasteiger charge is -2.20. The van der Waals surface area contributed by atoms with Gasteiger partial charge in [-0.05, 0) is 49.1 Å². The predicted octanol–water partition coefficient (Wildman–Crippen LogP) is 3.26. The van der Waals surface area contributed by atoms with E-state index in [0.717, 1.165) is 18.7 Å². The first kappa shape index (κ1) is 15.5. The first-order valence-corrected chi connectivity index (χ1v) is 7.06. The molecular formula is C14H18N8. The standard InChI is InChI=1S/C14H18N8/c1-4-21(5-2)13-8-6-12(7-9-13)10-16-22-11(3)17-18-14(22)19-20-15/h6-10H,4-5H2,1-3H3/b16-10-. The molecular weight excluding hydrogens is 280 g/mol. The van der Waals surface area contributed by atoms with Crippen molar-refractivity contribution in [2.45, 2.75) is 20.8 Å². The van der Waals surface area contributed by atoms with E-state index in [0.29, 0.717) is 5.82 Å². The normalized spacial score (nSPS) is 10.7. The summed E-state index contributed by atoms with van der Waals surface area (Å²) in [5.74, 6) is 0.675. The van der Waals surface area contributed by atoms with Crippen LogP contribution >= 0.6 is 0 Å². The van der Waals surface area contributed by atoms with Crippen molar-refractivity contribution in [3.63, 3.8) is 0 Å². The van der Waals surface area contributed by atoms with Gasteiger partial charge in [-0.2, -0.15) is 9.78 Å². The molecule has 1 aromatic carbocycles. The minimum absolute atomic E-state index is 0.121. The van der Waals surface area contributed by atoms with E-state index < -0.39 is 0 Å². The van der Waals surface area contributed by atoms with Crippen LogP contribution in [0, 0.1) is 6.92 Å². The third kappa shape index (κ3) is 3.42. The fraction of sp³-hybridized carbons (Fsp3) is 0.357. The molecule has 0 amide bonds. The highest BCUT2D eigenvalue weighted by Crippen LogP contribution is 2.15. The van der Waals surface area contributed by atoms with Gasteiger partial charge in [0, 0.05) is 23.7 Å². The van der Waals surface area contributed by atoms with Crippen molar-refractivity contribution in [3.05, 3.63) is 46.1 Å². The summed E-state index contributed by atoms with van der Waals surface area (Å²) < 4.78 is 1.40. The zero-order chi connectivity index (χ0) is 15.9. The van der Waals surface area contributed by atoms with Gasteiger partial charge in [0.15, 0.2) is 5.82 Å². The van der Waals surface area contributed by atoms with Crippen molar-refractivity contribution in [2.24, 2.45) is 10.2 Å². The van der Waals surface area contributed by atoms with Gasteiger partial charge >= 0.3 is 0 Å². The molecule has 0 spiro atoms. The summed E-state index contributed by atoms with van der Waals surface area (Å²) in [7, 11) is 0. The highest BCUT2D eigenvalue weighted by molar-refractivity contribution is 5.80. The average molecular weight is 298 g/mol. The molecule has 0 aliphatic heterocycles. The Morgan fingerprint density at radius 1 is 1.23 bits per heavy atom. The summed E-state index contributed by atoms with van der Waals surface area (Å²) in [5, 5.41) is 15.3. The molecule has 0 radical (unpaired) electrons. The van der Waals surface area contributed by atoms with Crippen LogP contribution in [0.1, 0.15) is 25.2 Å². The molecule has 2 aromatic rings. The topological polar surface area (TPSA) is 95.1 Å². The van der Waals surface area contributed by atoms with Crippen LogP contribution in [0.3, 0.4) is 0 Å². The van der Waals surface area contributed by atoms with Crippen molar-refractivity contribution >= 4 is 17.9 Å². The van der Waals surface area contributed by atoms with E-state index in [1.165, 1.54) is 10.4 Å². The second kappa shape index (κ2) is 7.24. The molecule has 0 saturated heterocycles. The molecule has 2 rings (SSSR count). The van der Waals surface area contributed by atoms with Gasteiger partial charge in [-0.3, -0.25) is 0 Å². The van der Waals surface area contributed by atoms with Crippen LogP contribution < -0.4 is 4.90 Å². The molecule has 0 N–H and O–H groups in total. The number of anilines is 1. The maximum Gasteiger partial charge on any atom is 0.241 e. The molecule has 0 saturated carbocycles. The Labute approximate surface area is 128 Å².